The summed E-state index contributed by atoms with van der Waals surface area (Å²) in [7, 11) is -4.15. The molecule has 14 heteroatoms. The van der Waals surface area contributed by atoms with Crippen molar-refractivity contribution in [3.63, 3.8) is 0 Å². The van der Waals surface area contributed by atoms with Crippen LogP contribution in [0.25, 0.3) is 11.0 Å². The SMILES string of the molecule is C[C@H](N[P@](=O)(OC[C@H]1O[C@@H](n2ccc3c(Cl)ncnc32)[C@@H]2OC(C)(C)O[C@@H]21)Oc1ccccc1)C(=O)O. The first-order valence-corrected chi connectivity index (χ1v) is 13.5. The van der Waals surface area contributed by atoms with Crippen molar-refractivity contribution in [3.8, 4) is 5.75 Å². The van der Waals surface area contributed by atoms with E-state index in [0.717, 1.165) is 0 Å². The molecule has 2 fully saturated rings. The summed E-state index contributed by atoms with van der Waals surface area (Å²) < 4.78 is 45.2. The highest BCUT2D eigenvalue weighted by molar-refractivity contribution is 7.52. The summed E-state index contributed by atoms with van der Waals surface area (Å²) in [5.41, 5.74) is 0.550. The van der Waals surface area contributed by atoms with Crippen molar-refractivity contribution >= 4 is 36.4 Å². The summed E-state index contributed by atoms with van der Waals surface area (Å²) in [6.07, 6.45) is 0.594. The number of hydrogen-bond donors (Lipinski definition) is 2. The van der Waals surface area contributed by atoms with Crippen molar-refractivity contribution in [2.24, 2.45) is 0 Å². The Morgan fingerprint density at radius 2 is 1.97 bits per heavy atom. The van der Waals surface area contributed by atoms with Gasteiger partial charge in [0.05, 0.1) is 12.0 Å². The van der Waals surface area contributed by atoms with Crippen LogP contribution in [-0.2, 0) is 28.1 Å². The summed E-state index contributed by atoms with van der Waals surface area (Å²) in [6.45, 7) is 4.67. The number of aliphatic carboxylic acids is 1. The number of para-hydroxylation sites is 1. The summed E-state index contributed by atoms with van der Waals surface area (Å²) in [5.74, 6) is -1.88. The van der Waals surface area contributed by atoms with Crippen molar-refractivity contribution in [2.45, 2.75) is 57.1 Å². The molecular formula is C23H26ClN4O8P. The Balaban J connectivity index is 1.39. The van der Waals surface area contributed by atoms with E-state index < -0.39 is 50.1 Å². The topological polar surface area (TPSA) is 143 Å². The molecule has 5 rings (SSSR count). The van der Waals surface area contributed by atoms with Crippen LogP contribution in [0.3, 0.4) is 0 Å². The molecule has 0 unspecified atom stereocenters. The number of ether oxygens (including phenoxy) is 3. The average molecular weight is 553 g/mol. The highest BCUT2D eigenvalue weighted by Gasteiger charge is 2.56. The van der Waals surface area contributed by atoms with Gasteiger partial charge in [0, 0.05) is 6.20 Å². The number of rotatable bonds is 9. The molecule has 198 valence electrons. The van der Waals surface area contributed by atoms with Gasteiger partial charge in [-0.1, -0.05) is 29.8 Å². The largest absolute Gasteiger partial charge is 0.480 e. The first-order chi connectivity index (χ1) is 17.6. The van der Waals surface area contributed by atoms with Crippen molar-refractivity contribution in [3.05, 3.63) is 54.1 Å². The zero-order valence-corrected chi connectivity index (χ0v) is 21.8. The lowest BCUT2D eigenvalue weighted by molar-refractivity contribution is -0.199. The second-order valence-corrected chi connectivity index (χ2v) is 11.2. The van der Waals surface area contributed by atoms with Gasteiger partial charge in [-0.2, -0.15) is 5.09 Å². The second-order valence-electron chi connectivity index (χ2n) is 9.14. The van der Waals surface area contributed by atoms with Crippen LogP contribution in [0.15, 0.2) is 48.9 Å². The van der Waals surface area contributed by atoms with Crippen LogP contribution in [-0.4, -0.2) is 62.4 Å². The molecule has 0 amide bonds. The van der Waals surface area contributed by atoms with E-state index >= 15 is 0 Å². The number of carboxylic acid groups (broad SMARTS) is 1. The number of carbonyl (C=O) groups is 1. The predicted molar refractivity (Wildman–Crippen MR) is 131 cm³/mol. The molecule has 2 aliphatic rings. The number of carboxylic acids is 1. The summed E-state index contributed by atoms with van der Waals surface area (Å²) >= 11 is 6.22. The van der Waals surface area contributed by atoms with Crippen LogP contribution in [0.5, 0.6) is 5.75 Å². The minimum absolute atomic E-state index is 0.241. The number of aromatic nitrogens is 3. The molecule has 2 N–H and O–H groups in total. The Hall–Kier alpha value is -2.57. The second kappa shape index (κ2) is 9.95. The minimum atomic E-state index is -4.15. The fourth-order valence-electron chi connectivity index (χ4n) is 4.34. The highest BCUT2D eigenvalue weighted by Crippen LogP contribution is 2.48. The van der Waals surface area contributed by atoms with E-state index in [1.54, 1.807) is 61.0 Å². The van der Waals surface area contributed by atoms with Gasteiger partial charge in [-0.3, -0.25) is 9.32 Å². The smallest absolute Gasteiger partial charge is 0.459 e. The van der Waals surface area contributed by atoms with E-state index in [1.165, 1.54) is 13.3 Å². The van der Waals surface area contributed by atoms with Crippen molar-refractivity contribution in [1.82, 2.24) is 19.6 Å². The number of nitrogens with one attached hydrogen (secondary N) is 1. The third-order valence-corrected chi connectivity index (χ3v) is 7.90. The number of fused-ring (bicyclic) bond motifs is 2. The lowest BCUT2D eigenvalue weighted by atomic mass is 10.1. The van der Waals surface area contributed by atoms with E-state index in [4.69, 9.17) is 34.9 Å². The number of halogens is 1. The Morgan fingerprint density at radius 3 is 2.70 bits per heavy atom. The maximum atomic E-state index is 13.6. The van der Waals surface area contributed by atoms with Crippen LogP contribution in [0.2, 0.25) is 5.15 Å². The maximum Gasteiger partial charge on any atom is 0.459 e. The van der Waals surface area contributed by atoms with Crippen LogP contribution < -0.4 is 9.61 Å². The number of hydrogen-bond acceptors (Lipinski definition) is 9. The van der Waals surface area contributed by atoms with Gasteiger partial charge >= 0.3 is 13.7 Å². The van der Waals surface area contributed by atoms with E-state index in [9.17, 15) is 14.5 Å². The molecule has 12 nitrogen and oxygen atoms in total. The van der Waals surface area contributed by atoms with Gasteiger partial charge in [0.2, 0.25) is 0 Å². The molecule has 2 aliphatic heterocycles. The van der Waals surface area contributed by atoms with Gasteiger partial charge in [0.1, 0.15) is 47.2 Å². The van der Waals surface area contributed by atoms with Gasteiger partial charge < -0.3 is 28.4 Å². The van der Waals surface area contributed by atoms with Crippen molar-refractivity contribution in [2.75, 3.05) is 6.61 Å². The Bertz CT molecular complexity index is 1340. The first-order valence-electron chi connectivity index (χ1n) is 11.5. The average Bonchev–Trinajstić information content (AvgIpc) is 3.50. The molecular weight excluding hydrogens is 527 g/mol. The van der Waals surface area contributed by atoms with Gasteiger partial charge in [-0.05, 0) is 39.0 Å². The van der Waals surface area contributed by atoms with E-state index in [-0.39, 0.29) is 12.4 Å². The third-order valence-electron chi connectivity index (χ3n) is 5.96. The number of benzene rings is 1. The molecule has 0 saturated carbocycles. The van der Waals surface area contributed by atoms with Crippen molar-refractivity contribution < 1.29 is 37.7 Å². The standard InChI is InChI=1S/C23H26ClN4O8P/c1-13(22(29)30)27-37(31,36-14-7-5-4-6-8-14)32-11-16-17-18(35-23(2,3)34-17)21(33-16)28-10-9-15-19(24)25-12-26-20(15)28/h4-10,12-13,16-18,21H,11H2,1-3H3,(H,27,31)(H,29,30)/t13-,16+,17+,18+,21+,37-/m0/s1. The fraction of sp³-hybridized carbons (Fsp3) is 0.435. The molecule has 0 radical (unpaired) electrons. The molecule has 37 heavy (non-hydrogen) atoms. The third kappa shape index (κ3) is 5.37. The van der Waals surface area contributed by atoms with Gasteiger partial charge in [0.15, 0.2) is 12.0 Å². The lowest BCUT2D eigenvalue weighted by Gasteiger charge is -2.26. The molecule has 3 aromatic rings. The minimum Gasteiger partial charge on any atom is -0.480 e. The quantitative estimate of drug-likeness (QED) is 0.296. The normalized spacial score (nSPS) is 27.0. The zero-order chi connectivity index (χ0) is 26.4. The predicted octanol–water partition coefficient (Wildman–Crippen LogP) is 3.77. The van der Waals surface area contributed by atoms with Crippen LogP contribution >= 0.6 is 19.3 Å². The van der Waals surface area contributed by atoms with Crippen LogP contribution in [0.4, 0.5) is 0 Å². The maximum absolute atomic E-state index is 13.6. The molecule has 2 saturated heterocycles. The lowest BCUT2D eigenvalue weighted by Crippen LogP contribution is -2.36. The van der Waals surface area contributed by atoms with Gasteiger partial charge in [-0.15, -0.1) is 0 Å². The molecule has 2 aromatic heterocycles. The van der Waals surface area contributed by atoms with Gasteiger partial charge in [-0.25, -0.2) is 14.5 Å². The molecule has 4 heterocycles. The first kappa shape index (κ1) is 26.1. The summed E-state index contributed by atoms with van der Waals surface area (Å²) in [4.78, 5) is 19.8. The van der Waals surface area contributed by atoms with E-state index in [0.29, 0.717) is 16.2 Å². The molecule has 0 spiro atoms. The van der Waals surface area contributed by atoms with E-state index in [2.05, 4.69) is 15.1 Å². The number of nitrogens with zero attached hydrogens (tertiary/aromatic N) is 3. The molecule has 0 bridgehead atoms. The zero-order valence-electron chi connectivity index (χ0n) is 20.2. The van der Waals surface area contributed by atoms with Crippen LogP contribution in [0, 0.1) is 0 Å². The molecule has 1 aromatic carbocycles. The monoisotopic (exact) mass is 552 g/mol. The van der Waals surface area contributed by atoms with Crippen molar-refractivity contribution in [1.29, 1.82) is 0 Å². The Morgan fingerprint density at radius 1 is 1.24 bits per heavy atom. The Labute approximate surface area is 217 Å². The van der Waals surface area contributed by atoms with E-state index in [1.807, 2.05) is 0 Å². The summed E-state index contributed by atoms with van der Waals surface area (Å²) in [6, 6.07) is 8.89. The van der Waals surface area contributed by atoms with Gasteiger partial charge in [0.25, 0.3) is 0 Å². The fourth-order valence-corrected chi connectivity index (χ4v) is 6.04. The van der Waals surface area contributed by atoms with Crippen LogP contribution in [0.1, 0.15) is 27.0 Å². The molecule has 0 aliphatic carbocycles. The Kier molecular flexibility index (Phi) is 7.01. The highest BCUT2D eigenvalue weighted by atomic mass is 35.5. The molecule has 6 atom stereocenters. The summed E-state index contributed by atoms with van der Waals surface area (Å²) in [5, 5.41) is 12.8.